The number of hydrogen-bond donors (Lipinski definition) is 0. The number of fused-ring (bicyclic) bond motifs is 1. The molecule has 2 heterocycles. The van der Waals surface area contributed by atoms with E-state index in [4.69, 9.17) is 9.47 Å². The van der Waals surface area contributed by atoms with Crippen LogP contribution in [0.4, 0.5) is 0 Å². The van der Waals surface area contributed by atoms with Crippen LogP contribution >= 0.6 is 0 Å². The first kappa shape index (κ1) is 15.5. The van der Waals surface area contributed by atoms with Crippen LogP contribution in [-0.2, 0) is 11.2 Å². The topological polar surface area (TPSA) is 48.4 Å². The molecule has 3 rings (SSSR count). The molecule has 0 amide bonds. The summed E-state index contributed by atoms with van der Waals surface area (Å²) in [6, 6.07) is 7.78. The van der Waals surface area contributed by atoms with Crippen LogP contribution < -0.4 is 4.74 Å². The summed E-state index contributed by atoms with van der Waals surface area (Å²) in [5.74, 6) is 0.594. The Bertz CT molecular complexity index is 767. The lowest BCUT2D eigenvalue weighted by Crippen LogP contribution is -2.08. The Morgan fingerprint density at radius 1 is 1.30 bits per heavy atom. The van der Waals surface area contributed by atoms with Gasteiger partial charge in [0.05, 0.1) is 23.6 Å². The molecule has 120 valence electrons. The molecular formula is C19H21NO3. The number of aromatic nitrogens is 1. The Balaban J connectivity index is 2.03. The average molecular weight is 311 g/mol. The van der Waals surface area contributed by atoms with Crippen LogP contribution in [0.2, 0.25) is 0 Å². The van der Waals surface area contributed by atoms with Gasteiger partial charge in [0.1, 0.15) is 11.9 Å². The molecule has 0 radical (unpaired) electrons. The highest BCUT2D eigenvalue weighted by molar-refractivity contribution is 5.91. The fourth-order valence-corrected chi connectivity index (χ4v) is 2.98. The molecule has 1 unspecified atom stereocenters. The molecule has 1 aliphatic rings. The Kier molecular flexibility index (Phi) is 4.07. The first-order valence-electron chi connectivity index (χ1n) is 7.95. The van der Waals surface area contributed by atoms with E-state index in [0.29, 0.717) is 17.9 Å². The van der Waals surface area contributed by atoms with E-state index in [1.54, 1.807) is 13.0 Å². The molecule has 2 aromatic rings. The Labute approximate surface area is 136 Å². The number of hydrogen-bond acceptors (Lipinski definition) is 4. The van der Waals surface area contributed by atoms with E-state index in [9.17, 15) is 4.79 Å². The normalized spacial score (nSPS) is 15.9. The molecule has 4 nitrogen and oxygen atoms in total. The number of pyridine rings is 1. The van der Waals surface area contributed by atoms with Crippen molar-refractivity contribution in [1.82, 2.24) is 4.98 Å². The minimum atomic E-state index is -0.331. The fourth-order valence-electron chi connectivity index (χ4n) is 2.98. The van der Waals surface area contributed by atoms with E-state index in [0.717, 1.165) is 23.4 Å². The van der Waals surface area contributed by atoms with E-state index in [1.165, 1.54) is 11.1 Å². The van der Waals surface area contributed by atoms with Crippen molar-refractivity contribution in [3.63, 3.8) is 0 Å². The van der Waals surface area contributed by atoms with Gasteiger partial charge in [-0.15, -0.1) is 0 Å². The highest BCUT2D eigenvalue weighted by Crippen LogP contribution is 2.40. The highest BCUT2D eigenvalue weighted by atomic mass is 16.5. The molecule has 0 bridgehead atoms. The van der Waals surface area contributed by atoms with E-state index in [-0.39, 0.29) is 12.1 Å². The molecule has 23 heavy (non-hydrogen) atoms. The second kappa shape index (κ2) is 6.03. The summed E-state index contributed by atoms with van der Waals surface area (Å²) in [5, 5.41) is 0. The van der Waals surface area contributed by atoms with E-state index < -0.39 is 0 Å². The maximum atomic E-state index is 11.9. The minimum absolute atomic E-state index is 0.185. The van der Waals surface area contributed by atoms with Crippen molar-refractivity contribution >= 4 is 5.97 Å². The molecule has 1 aromatic heterocycles. The molecule has 0 N–H and O–H groups in total. The fraction of sp³-hybridized carbons (Fsp3) is 0.368. The second-order valence-electron chi connectivity index (χ2n) is 5.92. The van der Waals surface area contributed by atoms with Crippen LogP contribution in [0.1, 0.15) is 41.0 Å². The predicted octanol–water partition coefficient (Wildman–Crippen LogP) is 3.87. The molecule has 0 saturated carbocycles. The predicted molar refractivity (Wildman–Crippen MR) is 88.9 cm³/mol. The van der Waals surface area contributed by atoms with Crippen LogP contribution in [0.5, 0.6) is 5.75 Å². The quantitative estimate of drug-likeness (QED) is 0.808. The minimum Gasteiger partial charge on any atom is -0.489 e. The molecule has 1 atom stereocenters. The zero-order valence-corrected chi connectivity index (χ0v) is 14.0. The molecule has 0 aliphatic carbocycles. The van der Waals surface area contributed by atoms with Gasteiger partial charge in [-0.05, 0) is 51.5 Å². The van der Waals surface area contributed by atoms with Gasteiger partial charge in [-0.2, -0.15) is 0 Å². The van der Waals surface area contributed by atoms with Gasteiger partial charge < -0.3 is 9.47 Å². The van der Waals surface area contributed by atoms with Gasteiger partial charge >= 0.3 is 5.97 Å². The SMILES string of the molecule is CCOC(=O)c1ccc(-c2ccc(C)c3c2OC(C)C3)nc1C. The van der Waals surface area contributed by atoms with Crippen molar-refractivity contribution in [3.05, 3.63) is 46.6 Å². The number of rotatable bonds is 3. The third-order valence-electron chi connectivity index (χ3n) is 4.16. The van der Waals surface area contributed by atoms with Crippen LogP contribution in [0.25, 0.3) is 11.3 Å². The average Bonchev–Trinajstić information content (AvgIpc) is 2.90. The molecule has 4 heteroatoms. The number of nitrogens with zero attached hydrogens (tertiary/aromatic N) is 1. The van der Waals surface area contributed by atoms with Crippen LogP contribution in [0.3, 0.4) is 0 Å². The van der Waals surface area contributed by atoms with E-state index >= 15 is 0 Å². The first-order chi connectivity index (χ1) is 11.0. The smallest absolute Gasteiger partial charge is 0.339 e. The standard InChI is InChI=1S/C19H21NO3/c1-5-22-19(21)14-8-9-17(20-13(14)4)15-7-6-11(2)16-10-12(3)23-18(15)16/h6-9,12H,5,10H2,1-4H3. The molecule has 0 fully saturated rings. The third kappa shape index (κ3) is 2.81. The Morgan fingerprint density at radius 2 is 2.09 bits per heavy atom. The summed E-state index contributed by atoms with van der Waals surface area (Å²) in [6.45, 7) is 8.16. The van der Waals surface area contributed by atoms with Crippen LogP contribution in [0, 0.1) is 13.8 Å². The zero-order valence-electron chi connectivity index (χ0n) is 14.0. The third-order valence-corrected chi connectivity index (χ3v) is 4.16. The number of esters is 1. The summed E-state index contributed by atoms with van der Waals surface area (Å²) in [7, 11) is 0. The lowest BCUT2D eigenvalue weighted by Gasteiger charge is -2.12. The summed E-state index contributed by atoms with van der Waals surface area (Å²) in [5.41, 5.74) is 5.47. The van der Waals surface area contributed by atoms with Crippen molar-refractivity contribution in [1.29, 1.82) is 0 Å². The van der Waals surface area contributed by atoms with Gasteiger partial charge in [-0.1, -0.05) is 6.07 Å². The summed E-state index contributed by atoms with van der Waals surface area (Å²) >= 11 is 0. The van der Waals surface area contributed by atoms with Crippen molar-refractivity contribution in [2.45, 2.75) is 40.2 Å². The molecule has 1 aromatic carbocycles. The summed E-state index contributed by atoms with van der Waals surface area (Å²) < 4.78 is 11.1. The van der Waals surface area contributed by atoms with Crippen LogP contribution in [-0.4, -0.2) is 23.7 Å². The molecule has 0 spiro atoms. The Morgan fingerprint density at radius 3 is 2.78 bits per heavy atom. The van der Waals surface area contributed by atoms with E-state index in [1.807, 2.05) is 19.1 Å². The monoisotopic (exact) mass is 311 g/mol. The first-order valence-corrected chi connectivity index (χ1v) is 7.95. The molecule has 1 aliphatic heterocycles. The van der Waals surface area contributed by atoms with Crippen molar-refractivity contribution in [2.75, 3.05) is 6.61 Å². The van der Waals surface area contributed by atoms with Gasteiger partial charge in [0.15, 0.2) is 0 Å². The number of carbonyl (C=O) groups excluding carboxylic acids is 1. The number of carbonyl (C=O) groups is 1. The van der Waals surface area contributed by atoms with Crippen molar-refractivity contribution in [2.24, 2.45) is 0 Å². The second-order valence-corrected chi connectivity index (χ2v) is 5.92. The van der Waals surface area contributed by atoms with Gasteiger partial charge in [0.2, 0.25) is 0 Å². The highest BCUT2D eigenvalue weighted by Gasteiger charge is 2.25. The maximum absolute atomic E-state index is 11.9. The van der Waals surface area contributed by atoms with Gasteiger partial charge in [0, 0.05) is 17.5 Å². The molecule has 0 saturated heterocycles. The number of aryl methyl sites for hydroxylation is 2. The lowest BCUT2D eigenvalue weighted by molar-refractivity contribution is 0.0525. The van der Waals surface area contributed by atoms with Gasteiger partial charge in [0.25, 0.3) is 0 Å². The largest absolute Gasteiger partial charge is 0.489 e. The Hall–Kier alpha value is -2.36. The number of ether oxygens (including phenoxy) is 2. The molecular weight excluding hydrogens is 290 g/mol. The van der Waals surface area contributed by atoms with E-state index in [2.05, 4.69) is 24.9 Å². The van der Waals surface area contributed by atoms with Crippen molar-refractivity contribution in [3.8, 4) is 17.0 Å². The van der Waals surface area contributed by atoms with Gasteiger partial charge in [-0.3, -0.25) is 4.98 Å². The maximum Gasteiger partial charge on any atom is 0.339 e. The summed E-state index contributed by atoms with van der Waals surface area (Å²) in [4.78, 5) is 16.5. The number of benzene rings is 1. The lowest BCUT2D eigenvalue weighted by atomic mass is 9.99. The zero-order chi connectivity index (χ0) is 16.6. The van der Waals surface area contributed by atoms with Crippen molar-refractivity contribution < 1.29 is 14.3 Å². The summed E-state index contributed by atoms with van der Waals surface area (Å²) in [6.07, 6.45) is 1.11. The van der Waals surface area contributed by atoms with Gasteiger partial charge in [-0.25, -0.2) is 4.79 Å². The van der Waals surface area contributed by atoms with Crippen LogP contribution in [0.15, 0.2) is 24.3 Å².